The zero-order valence-corrected chi connectivity index (χ0v) is 10.4. The van der Waals surface area contributed by atoms with Crippen molar-refractivity contribution in [3.8, 4) is 0 Å². The van der Waals surface area contributed by atoms with Gasteiger partial charge >= 0.3 is 5.97 Å². The summed E-state index contributed by atoms with van der Waals surface area (Å²) in [4.78, 5) is 13.4. The molecule has 2 N–H and O–H groups in total. The Bertz CT molecular complexity index is 341. The lowest BCUT2D eigenvalue weighted by atomic mass is 10.2. The van der Waals surface area contributed by atoms with E-state index in [1.54, 1.807) is 6.92 Å². The molecule has 0 amide bonds. The van der Waals surface area contributed by atoms with Gasteiger partial charge in [-0.05, 0) is 25.5 Å². The molecule has 0 aliphatic rings. The monoisotopic (exact) mass is 236 g/mol. The molecule has 1 unspecified atom stereocenters. The molecule has 17 heavy (non-hydrogen) atoms. The van der Waals surface area contributed by atoms with Crippen molar-refractivity contribution in [1.82, 2.24) is 0 Å². The first-order chi connectivity index (χ1) is 8.15. The molecule has 1 rings (SSSR count). The van der Waals surface area contributed by atoms with Crippen LogP contribution in [0.15, 0.2) is 30.3 Å². The fourth-order valence-electron chi connectivity index (χ4n) is 1.51. The van der Waals surface area contributed by atoms with E-state index in [1.807, 2.05) is 37.4 Å². The lowest BCUT2D eigenvalue weighted by Gasteiger charge is -2.20. The van der Waals surface area contributed by atoms with E-state index in [4.69, 9.17) is 10.5 Å². The highest BCUT2D eigenvalue weighted by atomic mass is 16.5. The van der Waals surface area contributed by atoms with Crippen molar-refractivity contribution in [3.63, 3.8) is 0 Å². The Morgan fingerprint density at radius 1 is 1.41 bits per heavy atom. The minimum Gasteiger partial charge on any atom is -0.465 e. The Balaban J connectivity index is 2.38. The molecule has 1 aromatic rings. The maximum Gasteiger partial charge on any atom is 0.322 e. The Labute approximate surface area is 102 Å². The predicted molar refractivity (Wildman–Crippen MR) is 68.9 cm³/mol. The highest BCUT2D eigenvalue weighted by Gasteiger charge is 2.14. The van der Waals surface area contributed by atoms with Gasteiger partial charge in [0, 0.05) is 19.3 Å². The number of hydrogen-bond acceptors (Lipinski definition) is 4. The van der Waals surface area contributed by atoms with Gasteiger partial charge in [-0.25, -0.2) is 0 Å². The first-order valence-corrected chi connectivity index (χ1v) is 5.83. The maximum atomic E-state index is 11.3. The van der Waals surface area contributed by atoms with Gasteiger partial charge in [0.15, 0.2) is 0 Å². The highest BCUT2D eigenvalue weighted by Crippen LogP contribution is 2.11. The zero-order valence-electron chi connectivity index (χ0n) is 10.4. The van der Waals surface area contributed by atoms with Crippen molar-refractivity contribution in [3.05, 3.63) is 30.3 Å². The van der Waals surface area contributed by atoms with E-state index >= 15 is 0 Å². The largest absolute Gasteiger partial charge is 0.465 e. The summed E-state index contributed by atoms with van der Waals surface area (Å²) >= 11 is 0. The summed E-state index contributed by atoms with van der Waals surface area (Å²) in [6.45, 7) is 2.88. The molecule has 0 heterocycles. The molecule has 1 aromatic carbocycles. The van der Waals surface area contributed by atoms with Crippen LogP contribution in [0.4, 0.5) is 5.69 Å². The minimum absolute atomic E-state index is 0.325. The van der Waals surface area contributed by atoms with Crippen molar-refractivity contribution in [2.45, 2.75) is 19.4 Å². The van der Waals surface area contributed by atoms with Crippen molar-refractivity contribution in [2.24, 2.45) is 5.73 Å². The molecule has 0 spiro atoms. The zero-order chi connectivity index (χ0) is 12.7. The molecule has 4 nitrogen and oxygen atoms in total. The number of rotatable bonds is 6. The number of carbonyl (C=O) groups excluding carboxylic acids is 1. The van der Waals surface area contributed by atoms with Crippen LogP contribution in [0.1, 0.15) is 13.3 Å². The van der Waals surface area contributed by atoms with Crippen molar-refractivity contribution < 1.29 is 9.53 Å². The van der Waals surface area contributed by atoms with Gasteiger partial charge in [0.25, 0.3) is 0 Å². The van der Waals surface area contributed by atoms with Crippen LogP contribution < -0.4 is 10.6 Å². The normalized spacial score (nSPS) is 11.9. The third kappa shape index (κ3) is 4.44. The van der Waals surface area contributed by atoms with E-state index in [-0.39, 0.29) is 5.97 Å². The Morgan fingerprint density at radius 2 is 2.06 bits per heavy atom. The third-order valence-electron chi connectivity index (χ3n) is 2.56. The second-order valence-corrected chi connectivity index (χ2v) is 3.90. The molecule has 0 aromatic heterocycles. The van der Waals surface area contributed by atoms with E-state index in [1.165, 1.54) is 0 Å². The van der Waals surface area contributed by atoms with Crippen molar-refractivity contribution in [2.75, 3.05) is 25.1 Å². The van der Waals surface area contributed by atoms with Gasteiger partial charge < -0.3 is 15.4 Å². The van der Waals surface area contributed by atoms with Gasteiger partial charge in [0.1, 0.15) is 6.04 Å². The predicted octanol–water partition coefficient (Wildman–Crippen LogP) is 1.40. The van der Waals surface area contributed by atoms with Gasteiger partial charge in [-0.15, -0.1) is 0 Å². The van der Waals surface area contributed by atoms with Crippen LogP contribution in [-0.4, -0.2) is 32.2 Å². The summed E-state index contributed by atoms with van der Waals surface area (Å²) in [7, 11) is 1.98. The van der Waals surface area contributed by atoms with Gasteiger partial charge in [0.05, 0.1) is 6.61 Å². The lowest BCUT2D eigenvalue weighted by Crippen LogP contribution is -2.35. The molecule has 0 saturated heterocycles. The van der Waals surface area contributed by atoms with Gasteiger partial charge in [-0.3, -0.25) is 4.79 Å². The highest BCUT2D eigenvalue weighted by molar-refractivity contribution is 5.75. The quantitative estimate of drug-likeness (QED) is 0.759. The van der Waals surface area contributed by atoms with Crippen LogP contribution in [0.2, 0.25) is 0 Å². The smallest absolute Gasteiger partial charge is 0.322 e. The Kier molecular flexibility index (Phi) is 5.49. The van der Waals surface area contributed by atoms with E-state index in [9.17, 15) is 4.79 Å². The number of hydrogen-bond donors (Lipinski definition) is 1. The number of ether oxygens (including phenoxy) is 1. The number of carbonyl (C=O) groups is 1. The number of nitrogens with two attached hydrogens (primary N) is 1. The summed E-state index contributed by atoms with van der Waals surface area (Å²) in [6, 6.07) is 9.45. The first kappa shape index (κ1) is 13.5. The van der Waals surface area contributed by atoms with Crippen LogP contribution in [0.3, 0.4) is 0 Å². The van der Waals surface area contributed by atoms with Crippen molar-refractivity contribution in [1.29, 1.82) is 0 Å². The van der Waals surface area contributed by atoms with E-state index in [0.717, 1.165) is 12.2 Å². The standard InChI is InChI=1S/C13H20N2O2/c1-3-17-13(16)12(14)9-10-15(2)11-7-5-4-6-8-11/h4-8,12H,3,9-10,14H2,1-2H3. The third-order valence-corrected chi connectivity index (χ3v) is 2.56. The second kappa shape index (κ2) is 6.91. The number of nitrogens with zero attached hydrogens (tertiary/aromatic N) is 1. The molecule has 1 atom stereocenters. The summed E-state index contributed by atoms with van der Waals surface area (Å²) < 4.78 is 4.86. The molecule has 0 aliphatic carbocycles. The fourth-order valence-corrected chi connectivity index (χ4v) is 1.51. The lowest BCUT2D eigenvalue weighted by molar-refractivity contribution is -0.144. The van der Waals surface area contributed by atoms with Gasteiger partial charge in [-0.2, -0.15) is 0 Å². The molecule has 4 heteroatoms. The first-order valence-electron chi connectivity index (χ1n) is 5.83. The number of anilines is 1. The van der Waals surface area contributed by atoms with E-state index < -0.39 is 6.04 Å². The number of benzene rings is 1. The maximum absolute atomic E-state index is 11.3. The molecular formula is C13H20N2O2. The average molecular weight is 236 g/mol. The number of esters is 1. The second-order valence-electron chi connectivity index (χ2n) is 3.90. The molecule has 0 bridgehead atoms. The van der Waals surface area contributed by atoms with Gasteiger partial charge in [-0.1, -0.05) is 18.2 Å². The van der Waals surface area contributed by atoms with Crippen LogP contribution in [-0.2, 0) is 9.53 Å². The summed E-state index contributed by atoms with van der Waals surface area (Å²) in [5.74, 6) is -0.325. The van der Waals surface area contributed by atoms with Crippen LogP contribution in [0.5, 0.6) is 0 Å². The molecular weight excluding hydrogens is 216 g/mol. The SMILES string of the molecule is CCOC(=O)C(N)CCN(C)c1ccccc1. The fraction of sp³-hybridized carbons (Fsp3) is 0.462. The van der Waals surface area contributed by atoms with Crippen LogP contribution >= 0.6 is 0 Å². The minimum atomic E-state index is -0.541. The van der Waals surface area contributed by atoms with Crippen LogP contribution in [0, 0.1) is 0 Å². The van der Waals surface area contributed by atoms with E-state index in [2.05, 4.69) is 4.90 Å². The Morgan fingerprint density at radius 3 is 2.65 bits per heavy atom. The van der Waals surface area contributed by atoms with Crippen LogP contribution in [0.25, 0.3) is 0 Å². The molecule has 0 fully saturated rings. The average Bonchev–Trinajstić information content (AvgIpc) is 2.36. The van der Waals surface area contributed by atoms with Crippen molar-refractivity contribution >= 4 is 11.7 Å². The summed E-state index contributed by atoms with van der Waals surface area (Å²) in [5.41, 5.74) is 6.84. The number of para-hydroxylation sites is 1. The molecule has 0 aliphatic heterocycles. The van der Waals surface area contributed by atoms with Gasteiger partial charge in [0.2, 0.25) is 0 Å². The Hall–Kier alpha value is -1.55. The molecule has 0 radical (unpaired) electrons. The summed E-state index contributed by atoms with van der Waals surface area (Å²) in [6.07, 6.45) is 0.588. The molecule has 94 valence electrons. The molecule has 0 saturated carbocycles. The topological polar surface area (TPSA) is 55.6 Å². The van der Waals surface area contributed by atoms with E-state index in [0.29, 0.717) is 13.0 Å². The summed E-state index contributed by atoms with van der Waals surface area (Å²) in [5, 5.41) is 0.